The molecule has 0 aliphatic carbocycles. The molecule has 1 heterocycles. The monoisotopic (exact) mass is 371 g/mol. The molecule has 1 aromatic heterocycles. The maximum atomic E-state index is 12.0. The van der Waals surface area contributed by atoms with E-state index in [-0.39, 0.29) is 24.7 Å². The summed E-state index contributed by atoms with van der Waals surface area (Å²) in [5.74, 6) is 1.19. The van der Waals surface area contributed by atoms with Crippen LogP contribution in [0.2, 0.25) is 0 Å². The van der Waals surface area contributed by atoms with Gasteiger partial charge < -0.3 is 14.5 Å². The third-order valence-electron chi connectivity index (χ3n) is 3.84. The van der Waals surface area contributed by atoms with Gasteiger partial charge in [0.25, 0.3) is 5.91 Å². The van der Waals surface area contributed by atoms with E-state index < -0.39 is 5.24 Å². The Labute approximate surface area is 155 Å². The van der Waals surface area contributed by atoms with Gasteiger partial charge in [-0.15, -0.1) is 0 Å². The summed E-state index contributed by atoms with van der Waals surface area (Å²) in [5.41, 5.74) is 0. The summed E-state index contributed by atoms with van der Waals surface area (Å²) in [6, 6.07) is 17.1. The molecular formula is C20H18ClNO4. The Kier molecular flexibility index (Phi) is 5.92. The van der Waals surface area contributed by atoms with Gasteiger partial charge in [-0.3, -0.25) is 9.59 Å². The zero-order valence-electron chi connectivity index (χ0n) is 14.0. The average Bonchev–Trinajstić information content (AvgIpc) is 3.12. The standard InChI is InChI=1S/C20H18ClNO4/c21-19(23)9-4-12-22-20(24)18-11-10-15(26-18)13-25-17-8-3-6-14-5-1-2-7-16(14)17/h1-3,5-8,10-11H,4,9,12-13H2,(H,22,24). The summed E-state index contributed by atoms with van der Waals surface area (Å²) >= 11 is 5.25. The maximum absolute atomic E-state index is 12.0. The highest BCUT2D eigenvalue weighted by atomic mass is 35.5. The molecule has 0 aliphatic rings. The molecule has 0 atom stereocenters. The van der Waals surface area contributed by atoms with Crippen LogP contribution in [0.3, 0.4) is 0 Å². The molecule has 3 rings (SSSR count). The van der Waals surface area contributed by atoms with Crippen molar-refractivity contribution in [2.75, 3.05) is 6.54 Å². The number of carbonyl (C=O) groups is 2. The Morgan fingerprint density at radius 2 is 1.85 bits per heavy atom. The lowest BCUT2D eigenvalue weighted by atomic mass is 10.1. The Morgan fingerprint density at radius 3 is 2.69 bits per heavy atom. The van der Waals surface area contributed by atoms with Crippen LogP contribution in [-0.2, 0) is 11.4 Å². The third-order valence-corrected chi connectivity index (χ3v) is 4.03. The van der Waals surface area contributed by atoms with Crippen LogP contribution < -0.4 is 10.1 Å². The van der Waals surface area contributed by atoms with Crippen LogP contribution in [-0.4, -0.2) is 17.7 Å². The van der Waals surface area contributed by atoms with Gasteiger partial charge in [0, 0.05) is 18.4 Å². The smallest absolute Gasteiger partial charge is 0.286 e. The van der Waals surface area contributed by atoms with Crippen LogP contribution in [0.1, 0.15) is 29.2 Å². The van der Waals surface area contributed by atoms with Gasteiger partial charge in [0.2, 0.25) is 5.24 Å². The van der Waals surface area contributed by atoms with Crippen molar-refractivity contribution in [2.45, 2.75) is 19.4 Å². The maximum Gasteiger partial charge on any atom is 0.286 e. The Hall–Kier alpha value is -2.79. The van der Waals surface area contributed by atoms with E-state index in [0.29, 0.717) is 18.7 Å². The second-order valence-electron chi connectivity index (χ2n) is 5.75. The lowest BCUT2D eigenvalue weighted by Gasteiger charge is -2.08. The number of rotatable bonds is 8. The highest BCUT2D eigenvalue weighted by Crippen LogP contribution is 2.26. The summed E-state index contributed by atoms with van der Waals surface area (Å²) in [4.78, 5) is 22.6. The molecule has 0 bridgehead atoms. The zero-order valence-corrected chi connectivity index (χ0v) is 14.8. The van der Waals surface area contributed by atoms with Crippen molar-refractivity contribution in [1.29, 1.82) is 0 Å². The third kappa shape index (κ3) is 4.64. The van der Waals surface area contributed by atoms with Crippen LogP contribution in [0.15, 0.2) is 59.0 Å². The summed E-state index contributed by atoms with van der Waals surface area (Å²) < 4.78 is 11.4. The van der Waals surface area contributed by atoms with Crippen molar-refractivity contribution in [3.8, 4) is 5.75 Å². The highest BCUT2D eigenvalue weighted by molar-refractivity contribution is 6.63. The van der Waals surface area contributed by atoms with Crippen LogP contribution in [0, 0.1) is 0 Å². The molecular weight excluding hydrogens is 354 g/mol. The SMILES string of the molecule is O=C(Cl)CCCNC(=O)c1ccc(COc2cccc3ccccc23)o1. The number of benzene rings is 2. The summed E-state index contributed by atoms with van der Waals surface area (Å²) in [6.07, 6.45) is 0.718. The van der Waals surface area contributed by atoms with Gasteiger partial charge >= 0.3 is 0 Å². The number of nitrogens with one attached hydrogen (secondary N) is 1. The number of hydrogen-bond acceptors (Lipinski definition) is 4. The molecule has 0 aliphatic heterocycles. The predicted octanol–water partition coefficient (Wildman–Crippen LogP) is 4.29. The Balaban J connectivity index is 1.56. The Bertz CT molecular complexity index is 914. The van der Waals surface area contributed by atoms with Crippen LogP contribution in [0.5, 0.6) is 5.75 Å². The molecule has 3 aromatic rings. The van der Waals surface area contributed by atoms with Crippen molar-refractivity contribution >= 4 is 33.5 Å². The number of ether oxygens (including phenoxy) is 1. The summed E-state index contributed by atoms with van der Waals surface area (Å²) in [6.45, 7) is 0.585. The lowest BCUT2D eigenvalue weighted by molar-refractivity contribution is -0.111. The van der Waals surface area contributed by atoms with E-state index in [2.05, 4.69) is 5.32 Å². The largest absolute Gasteiger partial charge is 0.485 e. The first-order valence-corrected chi connectivity index (χ1v) is 8.67. The predicted molar refractivity (Wildman–Crippen MR) is 99.4 cm³/mol. The minimum atomic E-state index is -0.412. The van der Waals surface area contributed by atoms with E-state index in [0.717, 1.165) is 16.5 Å². The number of furan rings is 1. The number of amides is 1. The molecule has 0 saturated heterocycles. The van der Waals surface area contributed by atoms with Gasteiger partial charge in [-0.25, -0.2) is 0 Å². The van der Waals surface area contributed by atoms with Crippen LogP contribution >= 0.6 is 11.6 Å². The van der Waals surface area contributed by atoms with E-state index in [1.165, 1.54) is 0 Å². The molecule has 5 nitrogen and oxygen atoms in total. The molecule has 0 fully saturated rings. The number of fused-ring (bicyclic) bond motifs is 1. The summed E-state index contributed by atoms with van der Waals surface area (Å²) in [7, 11) is 0. The second-order valence-corrected chi connectivity index (χ2v) is 6.17. The van der Waals surface area contributed by atoms with Gasteiger partial charge in [0.1, 0.15) is 18.1 Å². The molecule has 1 N–H and O–H groups in total. The molecule has 0 saturated carbocycles. The average molecular weight is 372 g/mol. The highest BCUT2D eigenvalue weighted by Gasteiger charge is 2.11. The van der Waals surface area contributed by atoms with Crippen molar-refractivity contribution < 1.29 is 18.7 Å². The second kappa shape index (κ2) is 8.54. The van der Waals surface area contributed by atoms with Crippen molar-refractivity contribution in [3.63, 3.8) is 0 Å². The first-order valence-electron chi connectivity index (χ1n) is 8.29. The fourth-order valence-corrected chi connectivity index (χ4v) is 2.70. The number of carbonyl (C=O) groups excluding carboxylic acids is 2. The van der Waals surface area contributed by atoms with Crippen molar-refractivity contribution in [3.05, 3.63) is 66.1 Å². The van der Waals surface area contributed by atoms with Gasteiger partial charge in [-0.2, -0.15) is 0 Å². The summed E-state index contributed by atoms with van der Waals surface area (Å²) in [5, 5.41) is 4.39. The molecule has 134 valence electrons. The zero-order chi connectivity index (χ0) is 18.4. The van der Waals surface area contributed by atoms with Crippen LogP contribution in [0.4, 0.5) is 0 Å². The Morgan fingerprint density at radius 1 is 1.04 bits per heavy atom. The van der Waals surface area contributed by atoms with E-state index in [4.69, 9.17) is 20.8 Å². The molecule has 0 radical (unpaired) electrons. The van der Waals surface area contributed by atoms with Gasteiger partial charge in [0.15, 0.2) is 5.76 Å². The van der Waals surface area contributed by atoms with E-state index in [9.17, 15) is 9.59 Å². The van der Waals surface area contributed by atoms with Gasteiger partial charge in [-0.1, -0.05) is 36.4 Å². The minimum Gasteiger partial charge on any atom is -0.485 e. The van der Waals surface area contributed by atoms with Gasteiger partial charge in [-0.05, 0) is 41.6 Å². The normalized spacial score (nSPS) is 10.7. The molecule has 6 heteroatoms. The molecule has 2 aromatic carbocycles. The molecule has 0 unspecified atom stereocenters. The number of halogens is 1. The quantitative estimate of drug-likeness (QED) is 0.474. The van der Waals surface area contributed by atoms with Crippen molar-refractivity contribution in [2.24, 2.45) is 0 Å². The number of hydrogen-bond donors (Lipinski definition) is 1. The lowest BCUT2D eigenvalue weighted by Crippen LogP contribution is -2.24. The molecule has 1 amide bonds. The fraction of sp³-hybridized carbons (Fsp3) is 0.200. The topological polar surface area (TPSA) is 68.5 Å². The van der Waals surface area contributed by atoms with E-state index in [1.54, 1.807) is 12.1 Å². The van der Waals surface area contributed by atoms with E-state index in [1.807, 2.05) is 42.5 Å². The first-order chi connectivity index (χ1) is 12.6. The van der Waals surface area contributed by atoms with Crippen LogP contribution in [0.25, 0.3) is 10.8 Å². The minimum absolute atomic E-state index is 0.207. The first kappa shape index (κ1) is 18.0. The van der Waals surface area contributed by atoms with Gasteiger partial charge in [0.05, 0.1) is 0 Å². The van der Waals surface area contributed by atoms with Crippen molar-refractivity contribution in [1.82, 2.24) is 5.32 Å². The molecule has 0 spiro atoms. The van der Waals surface area contributed by atoms with E-state index >= 15 is 0 Å². The fourth-order valence-electron chi connectivity index (χ4n) is 2.56. The molecule has 26 heavy (non-hydrogen) atoms.